The highest BCUT2D eigenvalue weighted by Gasteiger charge is 2.20. The summed E-state index contributed by atoms with van der Waals surface area (Å²) in [7, 11) is 2.41. The van der Waals surface area contributed by atoms with E-state index >= 15 is 0 Å². The normalized spacial score (nSPS) is 9.69. The van der Waals surface area contributed by atoms with Crippen LogP contribution in [0.4, 0.5) is 0 Å². The first-order valence-corrected chi connectivity index (χ1v) is 4.51. The zero-order valence-corrected chi connectivity index (χ0v) is 9.23. The third-order valence-electron chi connectivity index (χ3n) is 2.15. The maximum Gasteiger partial charge on any atom is 0.338 e. The molecule has 0 atom stereocenters. The van der Waals surface area contributed by atoms with Crippen LogP contribution in [0.2, 0.25) is 0 Å². The Hall–Kier alpha value is -2.04. The van der Waals surface area contributed by atoms with E-state index in [9.17, 15) is 14.7 Å². The number of carbonyl (C=O) groups excluding carboxylic acids is 2. The van der Waals surface area contributed by atoms with Crippen LogP contribution in [-0.2, 0) is 9.47 Å². The number of ether oxygens (including phenoxy) is 2. The molecule has 0 heterocycles. The molecule has 0 fully saturated rings. The molecule has 0 aliphatic rings. The summed E-state index contributed by atoms with van der Waals surface area (Å²) in [6.07, 6.45) is 0. The number of aryl methyl sites for hydroxylation is 1. The van der Waals surface area contributed by atoms with Crippen molar-refractivity contribution in [2.45, 2.75) is 6.92 Å². The quantitative estimate of drug-likeness (QED) is 0.766. The van der Waals surface area contributed by atoms with Crippen LogP contribution in [0, 0.1) is 6.92 Å². The molecule has 1 rings (SSSR count). The van der Waals surface area contributed by atoms with Gasteiger partial charge in [0.2, 0.25) is 0 Å². The van der Waals surface area contributed by atoms with Gasteiger partial charge in [-0.2, -0.15) is 0 Å². The fourth-order valence-electron chi connectivity index (χ4n) is 1.25. The Bertz CT molecular complexity index is 395. The Kier molecular flexibility index (Phi) is 3.50. The molecule has 0 saturated heterocycles. The van der Waals surface area contributed by atoms with Crippen molar-refractivity contribution in [3.05, 3.63) is 28.8 Å². The van der Waals surface area contributed by atoms with Gasteiger partial charge in [0.1, 0.15) is 5.75 Å². The molecule has 5 nitrogen and oxygen atoms in total. The van der Waals surface area contributed by atoms with Crippen molar-refractivity contribution >= 4 is 11.9 Å². The van der Waals surface area contributed by atoms with Crippen molar-refractivity contribution < 1.29 is 24.2 Å². The summed E-state index contributed by atoms with van der Waals surface area (Å²) in [6, 6.07) is 2.57. The first-order valence-electron chi connectivity index (χ1n) is 4.51. The Morgan fingerprint density at radius 1 is 1.06 bits per heavy atom. The van der Waals surface area contributed by atoms with Crippen LogP contribution in [0.25, 0.3) is 0 Å². The maximum atomic E-state index is 11.4. The number of hydrogen-bond acceptors (Lipinski definition) is 5. The average Bonchev–Trinajstić information content (AvgIpc) is 2.30. The van der Waals surface area contributed by atoms with Gasteiger partial charge in [-0.25, -0.2) is 9.59 Å². The van der Waals surface area contributed by atoms with Crippen molar-refractivity contribution in [2.75, 3.05) is 14.2 Å². The van der Waals surface area contributed by atoms with Gasteiger partial charge in [0.25, 0.3) is 0 Å². The van der Waals surface area contributed by atoms with Gasteiger partial charge < -0.3 is 14.6 Å². The van der Waals surface area contributed by atoms with Gasteiger partial charge in [-0.15, -0.1) is 0 Å². The molecule has 16 heavy (non-hydrogen) atoms. The van der Waals surface area contributed by atoms with Crippen LogP contribution < -0.4 is 0 Å². The van der Waals surface area contributed by atoms with Gasteiger partial charge >= 0.3 is 11.9 Å². The number of rotatable bonds is 2. The van der Waals surface area contributed by atoms with Crippen molar-refractivity contribution in [1.82, 2.24) is 0 Å². The standard InChI is InChI=1S/C11H12O5/c1-6-4-7(10(13)15-2)8(5-9(6)12)11(14)16-3/h4-5,12H,1-3H3. The maximum absolute atomic E-state index is 11.4. The minimum Gasteiger partial charge on any atom is -0.508 e. The third kappa shape index (κ3) is 2.13. The second kappa shape index (κ2) is 4.65. The summed E-state index contributed by atoms with van der Waals surface area (Å²) in [5, 5.41) is 9.46. The van der Waals surface area contributed by atoms with E-state index < -0.39 is 11.9 Å². The number of esters is 2. The number of benzene rings is 1. The Balaban J connectivity index is 3.38. The molecule has 0 unspecified atom stereocenters. The number of phenolic OH excluding ortho intramolecular Hbond substituents is 1. The highest BCUT2D eigenvalue weighted by molar-refractivity contribution is 6.03. The molecular weight excluding hydrogens is 212 g/mol. The second-order valence-corrected chi connectivity index (χ2v) is 3.17. The van der Waals surface area contributed by atoms with Crippen molar-refractivity contribution in [1.29, 1.82) is 0 Å². The summed E-state index contributed by atoms with van der Waals surface area (Å²) < 4.78 is 9.05. The van der Waals surface area contributed by atoms with Crippen LogP contribution in [0.15, 0.2) is 12.1 Å². The van der Waals surface area contributed by atoms with E-state index in [0.717, 1.165) is 0 Å². The topological polar surface area (TPSA) is 72.8 Å². The Labute approximate surface area is 92.6 Å². The summed E-state index contributed by atoms with van der Waals surface area (Å²) in [5.41, 5.74) is 0.537. The average molecular weight is 224 g/mol. The van der Waals surface area contributed by atoms with E-state index in [1.54, 1.807) is 6.92 Å². The molecule has 0 spiro atoms. The highest BCUT2D eigenvalue weighted by atomic mass is 16.5. The first-order chi connectivity index (χ1) is 7.51. The lowest BCUT2D eigenvalue weighted by atomic mass is 10.0. The molecule has 0 radical (unpaired) electrons. The van der Waals surface area contributed by atoms with E-state index in [-0.39, 0.29) is 16.9 Å². The SMILES string of the molecule is COC(=O)c1cc(C)c(O)cc1C(=O)OC. The number of phenols is 1. The van der Waals surface area contributed by atoms with Gasteiger partial charge in [0.05, 0.1) is 25.3 Å². The summed E-state index contributed by atoms with van der Waals surface area (Å²) in [5.74, 6) is -1.42. The van der Waals surface area contributed by atoms with Gasteiger partial charge in [0, 0.05) is 0 Å². The van der Waals surface area contributed by atoms with E-state index in [0.29, 0.717) is 5.56 Å². The van der Waals surface area contributed by atoms with E-state index in [1.807, 2.05) is 0 Å². The Morgan fingerprint density at radius 3 is 1.94 bits per heavy atom. The zero-order chi connectivity index (χ0) is 12.3. The molecule has 0 amide bonds. The minimum atomic E-state index is -0.698. The van der Waals surface area contributed by atoms with Gasteiger partial charge in [-0.3, -0.25) is 0 Å². The van der Waals surface area contributed by atoms with E-state index in [4.69, 9.17) is 0 Å². The van der Waals surface area contributed by atoms with Crippen LogP contribution in [0.3, 0.4) is 0 Å². The zero-order valence-electron chi connectivity index (χ0n) is 9.23. The highest BCUT2D eigenvalue weighted by Crippen LogP contribution is 2.23. The largest absolute Gasteiger partial charge is 0.508 e. The molecule has 5 heteroatoms. The fourth-order valence-corrected chi connectivity index (χ4v) is 1.25. The molecule has 86 valence electrons. The molecule has 1 aromatic rings. The smallest absolute Gasteiger partial charge is 0.338 e. The molecule has 0 bridgehead atoms. The van der Waals surface area contributed by atoms with Crippen molar-refractivity contribution in [3.8, 4) is 5.75 Å². The van der Waals surface area contributed by atoms with Crippen molar-refractivity contribution in [2.24, 2.45) is 0 Å². The number of hydrogen-bond donors (Lipinski definition) is 1. The molecule has 1 N–H and O–H groups in total. The number of methoxy groups -OCH3 is 2. The lowest BCUT2D eigenvalue weighted by Gasteiger charge is -2.08. The van der Waals surface area contributed by atoms with Gasteiger partial charge in [-0.05, 0) is 24.6 Å². The van der Waals surface area contributed by atoms with Crippen molar-refractivity contribution in [3.63, 3.8) is 0 Å². The van der Waals surface area contributed by atoms with Crippen LogP contribution in [0.1, 0.15) is 26.3 Å². The summed E-state index contributed by atoms with van der Waals surface area (Å²) in [4.78, 5) is 22.8. The van der Waals surface area contributed by atoms with Gasteiger partial charge in [0.15, 0.2) is 0 Å². The fraction of sp³-hybridized carbons (Fsp3) is 0.273. The van der Waals surface area contributed by atoms with E-state index in [1.165, 1.54) is 26.4 Å². The molecule has 0 aliphatic heterocycles. The predicted octanol–water partition coefficient (Wildman–Crippen LogP) is 1.27. The lowest BCUT2D eigenvalue weighted by Crippen LogP contribution is -2.12. The van der Waals surface area contributed by atoms with Gasteiger partial charge in [-0.1, -0.05) is 0 Å². The third-order valence-corrected chi connectivity index (χ3v) is 2.15. The van der Waals surface area contributed by atoms with Crippen LogP contribution in [0.5, 0.6) is 5.75 Å². The Morgan fingerprint density at radius 2 is 1.50 bits per heavy atom. The second-order valence-electron chi connectivity index (χ2n) is 3.17. The molecule has 0 aromatic heterocycles. The number of carbonyl (C=O) groups is 2. The van der Waals surface area contributed by atoms with E-state index in [2.05, 4.69) is 9.47 Å². The molecule has 0 aliphatic carbocycles. The van der Waals surface area contributed by atoms with Crippen LogP contribution in [-0.4, -0.2) is 31.3 Å². The molecule has 0 saturated carbocycles. The monoisotopic (exact) mass is 224 g/mol. The summed E-state index contributed by atoms with van der Waals surface area (Å²) >= 11 is 0. The number of aromatic hydroxyl groups is 1. The first kappa shape index (κ1) is 12.0. The predicted molar refractivity (Wildman–Crippen MR) is 55.5 cm³/mol. The summed E-state index contributed by atoms with van der Waals surface area (Å²) in [6.45, 7) is 1.61. The lowest BCUT2D eigenvalue weighted by molar-refractivity contribution is 0.0555. The minimum absolute atomic E-state index is 0.0162. The molecular formula is C11H12O5. The van der Waals surface area contributed by atoms with Crippen LogP contribution >= 0.6 is 0 Å². The molecule has 1 aromatic carbocycles.